The summed E-state index contributed by atoms with van der Waals surface area (Å²) in [6, 6.07) is 4.17. The van der Waals surface area contributed by atoms with Crippen LogP contribution in [0.15, 0.2) is 22.8 Å². The van der Waals surface area contributed by atoms with Crippen LogP contribution >= 0.6 is 0 Å². The first-order valence-electron chi connectivity index (χ1n) is 6.56. The van der Waals surface area contributed by atoms with Gasteiger partial charge in [-0.05, 0) is 23.5 Å². The molecule has 102 valence electrons. The Balaban J connectivity index is 2.70. The van der Waals surface area contributed by atoms with Crippen molar-refractivity contribution in [2.24, 2.45) is 0 Å². The van der Waals surface area contributed by atoms with Crippen LogP contribution in [0, 0.1) is 0 Å². The Morgan fingerprint density at radius 2 is 2.00 bits per heavy atom. The molecular weight excluding hydrogens is 240 g/mol. The molecule has 0 radical (unpaired) electrons. The second-order valence-electron chi connectivity index (χ2n) is 5.93. The van der Waals surface area contributed by atoms with E-state index in [9.17, 15) is 9.90 Å². The number of hydrogen-bond acceptors (Lipinski definition) is 3. The van der Waals surface area contributed by atoms with Crippen LogP contribution in [-0.4, -0.2) is 5.97 Å². The summed E-state index contributed by atoms with van der Waals surface area (Å²) in [7, 11) is 0. The number of carboxylic acid groups (broad SMARTS) is 1. The fraction of sp³-hybridized carbons (Fsp3) is 0.438. The zero-order valence-electron chi connectivity index (χ0n) is 11.9. The molecule has 0 aliphatic rings. The van der Waals surface area contributed by atoms with Crippen molar-refractivity contribution in [2.45, 2.75) is 46.0 Å². The summed E-state index contributed by atoms with van der Waals surface area (Å²) >= 11 is 0. The van der Waals surface area contributed by atoms with Crippen molar-refractivity contribution in [3.05, 3.63) is 35.1 Å². The molecule has 0 aliphatic carbocycles. The van der Waals surface area contributed by atoms with Gasteiger partial charge in [0.25, 0.3) is 0 Å². The van der Waals surface area contributed by atoms with Crippen molar-refractivity contribution in [1.29, 1.82) is 0 Å². The first kappa shape index (κ1) is 13.7. The fourth-order valence-corrected chi connectivity index (χ4v) is 2.30. The third kappa shape index (κ3) is 2.65. The maximum atomic E-state index is 10.8. The Labute approximate surface area is 113 Å². The van der Waals surface area contributed by atoms with E-state index in [2.05, 4.69) is 33.8 Å². The van der Waals surface area contributed by atoms with E-state index in [1.54, 1.807) is 0 Å². The number of rotatable bonds is 3. The molecule has 3 heteroatoms. The summed E-state index contributed by atoms with van der Waals surface area (Å²) in [6.45, 7) is 8.47. The quantitative estimate of drug-likeness (QED) is 0.851. The Morgan fingerprint density at radius 1 is 1.32 bits per heavy atom. The van der Waals surface area contributed by atoms with Gasteiger partial charge in [-0.3, -0.25) is 0 Å². The number of fused-ring (bicyclic) bond motifs is 1. The molecule has 0 unspecified atom stereocenters. The molecule has 2 aromatic rings. The van der Waals surface area contributed by atoms with Gasteiger partial charge in [-0.25, -0.2) is 0 Å². The smallest absolute Gasteiger partial charge is 0.137 e. The summed E-state index contributed by atoms with van der Waals surface area (Å²) in [5.74, 6) is -1.08. The van der Waals surface area contributed by atoms with Gasteiger partial charge in [-0.1, -0.05) is 33.8 Å². The minimum atomic E-state index is -1.08. The third-order valence-corrected chi connectivity index (χ3v) is 3.36. The van der Waals surface area contributed by atoms with E-state index in [0.717, 1.165) is 23.0 Å². The van der Waals surface area contributed by atoms with Gasteiger partial charge in [0, 0.05) is 28.9 Å². The largest absolute Gasteiger partial charge is 0.550 e. The Bertz CT molecular complexity index is 615. The number of carboxylic acids is 1. The van der Waals surface area contributed by atoms with Crippen molar-refractivity contribution < 1.29 is 14.3 Å². The second kappa shape index (κ2) is 4.72. The molecule has 0 fully saturated rings. The number of furan rings is 1. The highest BCUT2D eigenvalue weighted by atomic mass is 16.4. The van der Waals surface area contributed by atoms with Gasteiger partial charge in [-0.2, -0.15) is 0 Å². The van der Waals surface area contributed by atoms with Crippen LogP contribution in [0.2, 0.25) is 0 Å². The molecule has 0 spiro atoms. The van der Waals surface area contributed by atoms with Crippen LogP contribution in [0.25, 0.3) is 11.0 Å². The number of carbonyl (C=O) groups excluding carboxylic acids is 1. The van der Waals surface area contributed by atoms with Crippen molar-refractivity contribution in [3.63, 3.8) is 0 Å². The first-order chi connectivity index (χ1) is 8.82. The lowest BCUT2D eigenvalue weighted by atomic mass is 9.84. The number of aliphatic carboxylic acids is 1. The van der Waals surface area contributed by atoms with Gasteiger partial charge >= 0.3 is 0 Å². The number of benzene rings is 1. The average molecular weight is 259 g/mol. The van der Waals surface area contributed by atoms with Crippen LogP contribution in [0.4, 0.5) is 0 Å². The normalized spacial score (nSPS) is 12.0. The summed E-state index contributed by atoms with van der Waals surface area (Å²) in [5, 5.41) is 11.7. The SMILES string of the molecule is CCc1cc(C(C)(C)C)c2occ(CC(=O)[O-])c2c1. The zero-order chi connectivity index (χ0) is 14.2. The van der Waals surface area contributed by atoms with E-state index >= 15 is 0 Å². The van der Waals surface area contributed by atoms with Crippen LogP contribution in [0.1, 0.15) is 44.4 Å². The van der Waals surface area contributed by atoms with E-state index in [0.29, 0.717) is 5.56 Å². The molecule has 0 bridgehead atoms. The highest BCUT2D eigenvalue weighted by Crippen LogP contribution is 2.34. The van der Waals surface area contributed by atoms with Gasteiger partial charge < -0.3 is 14.3 Å². The molecule has 0 saturated carbocycles. The van der Waals surface area contributed by atoms with E-state index in [1.807, 2.05) is 6.07 Å². The van der Waals surface area contributed by atoms with E-state index in [-0.39, 0.29) is 11.8 Å². The van der Waals surface area contributed by atoms with Crippen molar-refractivity contribution >= 4 is 16.9 Å². The molecule has 1 aromatic carbocycles. The number of hydrogen-bond donors (Lipinski definition) is 0. The number of aryl methyl sites for hydroxylation is 1. The third-order valence-electron chi connectivity index (χ3n) is 3.36. The molecule has 1 aromatic heterocycles. The highest BCUT2D eigenvalue weighted by molar-refractivity contribution is 5.88. The van der Waals surface area contributed by atoms with Crippen LogP contribution in [-0.2, 0) is 23.1 Å². The van der Waals surface area contributed by atoms with E-state index < -0.39 is 5.97 Å². The standard InChI is InChI=1S/C16H20O3/c1-5-10-6-12-11(8-14(17)18)9-19-15(12)13(7-10)16(2,3)4/h6-7,9H,5,8H2,1-4H3,(H,17,18)/p-1. The van der Waals surface area contributed by atoms with Crippen LogP contribution < -0.4 is 5.11 Å². The predicted octanol–water partition coefficient (Wildman–Crippen LogP) is 2.59. The minimum Gasteiger partial charge on any atom is -0.550 e. The lowest BCUT2D eigenvalue weighted by Crippen LogP contribution is -2.24. The summed E-state index contributed by atoms with van der Waals surface area (Å²) in [6.07, 6.45) is 2.34. The molecule has 0 N–H and O–H groups in total. The summed E-state index contributed by atoms with van der Waals surface area (Å²) < 4.78 is 5.62. The predicted molar refractivity (Wildman–Crippen MR) is 73.0 cm³/mol. The molecule has 19 heavy (non-hydrogen) atoms. The monoisotopic (exact) mass is 259 g/mol. The van der Waals surface area contributed by atoms with Crippen LogP contribution in [0.5, 0.6) is 0 Å². The second-order valence-corrected chi connectivity index (χ2v) is 5.93. The minimum absolute atomic E-state index is 0.0416. The van der Waals surface area contributed by atoms with Gasteiger partial charge in [-0.15, -0.1) is 0 Å². The average Bonchev–Trinajstić information content (AvgIpc) is 2.69. The van der Waals surface area contributed by atoms with Crippen molar-refractivity contribution in [2.75, 3.05) is 0 Å². The van der Waals surface area contributed by atoms with Gasteiger partial charge in [0.15, 0.2) is 0 Å². The molecule has 2 rings (SSSR count). The van der Waals surface area contributed by atoms with Crippen molar-refractivity contribution in [3.8, 4) is 0 Å². The Kier molecular flexibility index (Phi) is 3.40. The van der Waals surface area contributed by atoms with Gasteiger partial charge in [0.05, 0.1) is 6.26 Å². The molecule has 0 saturated heterocycles. The maximum absolute atomic E-state index is 10.8. The molecule has 0 aliphatic heterocycles. The summed E-state index contributed by atoms with van der Waals surface area (Å²) in [4.78, 5) is 10.8. The first-order valence-corrected chi connectivity index (χ1v) is 6.56. The summed E-state index contributed by atoms with van der Waals surface area (Å²) in [5.41, 5.74) is 3.75. The fourth-order valence-electron chi connectivity index (χ4n) is 2.30. The highest BCUT2D eigenvalue weighted by Gasteiger charge is 2.21. The van der Waals surface area contributed by atoms with Crippen molar-refractivity contribution in [1.82, 2.24) is 0 Å². The molecular formula is C16H19O3-. The van der Waals surface area contributed by atoms with E-state index in [1.165, 1.54) is 11.8 Å². The topological polar surface area (TPSA) is 53.3 Å². The lowest BCUT2D eigenvalue weighted by Gasteiger charge is -2.20. The number of carbonyl (C=O) groups is 1. The molecule has 0 atom stereocenters. The van der Waals surface area contributed by atoms with Gasteiger partial charge in [0.1, 0.15) is 5.58 Å². The van der Waals surface area contributed by atoms with Gasteiger partial charge in [0.2, 0.25) is 0 Å². The van der Waals surface area contributed by atoms with Crippen LogP contribution in [0.3, 0.4) is 0 Å². The Morgan fingerprint density at radius 3 is 2.53 bits per heavy atom. The maximum Gasteiger partial charge on any atom is 0.137 e. The molecule has 0 amide bonds. The Hall–Kier alpha value is -1.77. The molecule has 1 heterocycles. The van der Waals surface area contributed by atoms with E-state index in [4.69, 9.17) is 4.42 Å². The lowest BCUT2D eigenvalue weighted by molar-refractivity contribution is -0.304. The molecule has 3 nitrogen and oxygen atoms in total. The zero-order valence-corrected chi connectivity index (χ0v) is 11.9.